The predicted octanol–water partition coefficient (Wildman–Crippen LogP) is 3.31. The molecule has 0 saturated heterocycles. The summed E-state index contributed by atoms with van der Waals surface area (Å²) in [5.74, 6) is 0.337. The topological polar surface area (TPSA) is 102 Å². The van der Waals surface area contributed by atoms with Crippen LogP contribution in [0.25, 0.3) is 11.3 Å². The van der Waals surface area contributed by atoms with Gasteiger partial charge in [-0.3, -0.25) is 4.79 Å². The molecule has 0 atom stereocenters. The summed E-state index contributed by atoms with van der Waals surface area (Å²) < 4.78 is 49.8. The number of carbonyl (C=O) groups is 1. The molecule has 0 saturated carbocycles. The van der Waals surface area contributed by atoms with Gasteiger partial charge in [-0.25, -0.2) is 22.1 Å². The maximum atomic E-state index is 13.0. The third-order valence-electron chi connectivity index (χ3n) is 4.45. The van der Waals surface area contributed by atoms with E-state index in [1.165, 1.54) is 51.7 Å². The first-order valence-electron chi connectivity index (χ1n) is 9.32. The zero-order valence-corrected chi connectivity index (χ0v) is 18.1. The number of sulfonamides is 1. The predicted molar refractivity (Wildman–Crippen MR) is 113 cm³/mol. The van der Waals surface area contributed by atoms with Gasteiger partial charge in [0.1, 0.15) is 16.5 Å². The van der Waals surface area contributed by atoms with Gasteiger partial charge in [0.05, 0.1) is 13.3 Å². The highest BCUT2D eigenvalue weighted by atomic mass is 32.2. The Morgan fingerprint density at radius 2 is 1.90 bits per heavy atom. The molecule has 1 amide bonds. The van der Waals surface area contributed by atoms with E-state index in [9.17, 15) is 17.6 Å². The summed E-state index contributed by atoms with van der Waals surface area (Å²) >= 11 is 0. The maximum Gasteiger partial charge on any atom is 0.246 e. The van der Waals surface area contributed by atoms with Crippen molar-refractivity contribution in [1.82, 2.24) is 9.29 Å². The van der Waals surface area contributed by atoms with E-state index in [0.29, 0.717) is 22.9 Å². The number of benzene rings is 2. The van der Waals surface area contributed by atoms with Gasteiger partial charge in [-0.05, 0) is 42.5 Å². The zero-order valence-electron chi connectivity index (χ0n) is 17.3. The Morgan fingerprint density at radius 3 is 2.55 bits per heavy atom. The molecule has 0 aliphatic carbocycles. The van der Waals surface area contributed by atoms with Crippen LogP contribution in [0.15, 0.2) is 58.0 Å². The van der Waals surface area contributed by atoms with Gasteiger partial charge in [0.15, 0.2) is 11.7 Å². The standard InChI is InChI=1S/C21H22FN3O5S/c1-25(2)31(27,28)19-12-16(8-9-17(19)29-3)24-20(26)10-11-21-23-13-18(30-21)14-4-6-15(22)7-5-14/h4-9,12-13H,10-11H2,1-3H3,(H,24,26). The van der Waals surface area contributed by atoms with Crippen LogP contribution in [0, 0.1) is 5.82 Å². The Kier molecular flexibility index (Phi) is 6.71. The first-order chi connectivity index (χ1) is 14.7. The number of methoxy groups -OCH3 is 1. The van der Waals surface area contributed by atoms with Gasteiger partial charge >= 0.3 is 0 Å². The summed E-state index contributed by atoms with van der Waals surface area (Å²) in [6, 6.07) is 10.2. The van der Waals surface area contributed by atoms with Crippen molar-refractivity contribution in [3.8, 4) is 17.1 Å². The second-order valence-electron chi connectivity index (χ2n) is 6.83. The van der Waals surface area contributed by atoms with E-state index in [0.717, 1.165) is 4.31 Å². The number of hydrogen-bond acceptors (Lipinski definition) is 6. The van der Waals surface area contributed by atoms with E-state index < -0.39 is 10.0 Å². The Hall–Kier alpha value is -3.24. The van der Waals surface area contributed by atoms with Crippen molar-refractivity contribution in [1.29, 1.82) is 0 Å². The van der Waals surface area contributed by atoms with Gasteiger partial charge in [-0.2, -0.15) is 0 Å². The van der Waals surface area contributed by atoms with Gasteiger partial charge in [0.2, 0.25) is 15.9 Å². The lowest BCUT2D eigenvalue weighted by atomic mass is 10.2. The minimum atomic E-state index is -3.75. The second kappa shape index (κ2) is 9.27. The van der Waals surface area contributed by atoms with Crippen LogP contribution in [0.5, 0.6) is 5.75 Å². The molecule has 1 heterocycles. The maximum absolute atomic E-state index is 13.0. The molecule has 0 spiro atoms. The van der Waals surface area contributed by atoms with E-state index in [1.54, 1.807) is 18.2 Å². The highest BCUT2D eigenvalue weighted by molar-refractivity contribution is 7.89. The Balaban J connectivity index is 1.66. The molecule has 1 aromatic heterocycles. The van der Waals surface area contributed by atoms with Crippen LogP contribution in [0.3, 0.4) is 0 Å². The molecular formula is C21H22FN3O5S. The molecular weight excluding hydrogens is 425 g/mol. The average Bonchev–Trinajstić information content (AvgIpc) is 3.21. The third-order valence-corrected chi connectivity index (χ3v) is 6.29. The average molecular weight is 447 g/mol. The zero-order chi connectivity index (χ0) is 22.6. The number of nitrogens with zero attached hydrogens (tertiary/aromatic N) is 2. The first kappa shape index (κ1) is 22.4. The number of halogens is 1. The Morgan fingerprint density at radius 1 is 1.19 bits per heavy atom. The highest BCUT2D eigenvalue weighted by Crippen LogP contribution is 2.29. The molecule has 0 fully saturated rings. The molecule has 8 nitrogen and oxygen atoms in total. The highest BCUT2D eigenvalue weighted by Gasteiger charge is 2.23. The van der Waals surface area contributed by atoms with E-state index in [4.69, 9.17) is 9.15 Å². The van der Waals surface area contributed by atoms with Crippen LogP contribution in [0.1, 0.15) is 12.3 Å². The van der Waals surface area contributed by atoms with Gasteiger partial charge in [0, 0.05) is 38.2 Å². The number of aromatic nitrogens is 1. The van der Waals surface area contributed by atoms with Crippen LogP contribution in [-0.2, 0) is 21.2 Å². The molecule has 0 radical (unpaired) electrons. The van der Waals surface area contributed by atoms with E-state index >= 15 is 0 Å². The smallest absolute Gasteiger partial charge is 0.246 e. The Bertz CT molecular complexity index is 1170. The molecule has 164 valence electrons. The number of nitrogens with one attached hydrogen (secondary N) is 1. The van der Waals surface area contributed by atoms with Crippen molar-refractivity contribution < 1.29 is 26.8 Å². The van der Waals surface area contributed by atoms with Crippen molar-refractivity contribution in [3.05, 3.63) is 60.4 Å². The number of hydrogen-bond donors (Lipinski definition) is 1. The minimum Gasteiger partial charge on any atom is -0.495 e. The SMILES string of the molecule is COc1ccc(NC(=O)CCc2ncc(-c3ccc(F)cc3)o2)cc1S(=O)(=O)N(C)C. The lowest BCUT2D eigenvalue weighted by Gasteiger charge is -2.15. The minimum absolute atomic E-state index is 0.0468. The second-order valence-corrected chi connectivity index (χ2v) is 8.95. The van der Waals surface area contributed by atoms with Crippen LogP contribution >= 0.6 is 0 Å². The monoisotopic (exact) mass is 447 g/mol. The normalized spacial score (nSPS) is 11.5. The summed E-state index contributed by atoms with van der Waals surface area (Å²) in [7, 11) is 0.449. The molecule has 3 rings (SSSR count). The quantitative estimate of drug-likeness (QED) is 0.569. The fraction of sp³-hybridized carbons (Fsp3) is 0.238. The van der Waals surface area contributed by atoms with Gasteiger partial charge in [-0.1, -0.05) is 0 Å². The summed E-state index contributed by atoms with van der Waals surface area (Å²) in [6.07, 6.45) is 1.83. The molecule has 3 aromatic rings. The van der Waals surface area contributed by atoms with Gasteiger partial charge in [0.25, 0.3) is 0 Å². The number of carbonyl (C=O) groups excluding carboxylic acids is 1. The first-order valence-corrected chi connectivity index (χ1v) is 10.8. The van der Waals surface area contributed by atoms with Crippen LogP contribution < -0.4 is 10.1 Å². The largest absolute Gasteiger partial charge is 0.495 e. The molecule has 31 heavy (non-hydrogen) atoms. The van der Waals surface area contributed by atoms with Crippen molar-refractivity contribution in [2.75, 3.05) is 26.5 Å². The Labute approximate surface area is 179 Å². The van der Waals surface area contributed by atoms with Crippen molar-refractivity contribution in [2.45, 2.75) is 17.7 Å². The van der Waals surface area contributed by atoms with Crippen LogP contribution in [-0.4, -0.2) is 44.8 Å². The van der Waals surface area contributed by atoms with Gasteiger partial charge < -0.3 is 14.5 Å². The molecule has 1 N–H and O–H groups in total. The lowest BCUT2D eigenvalue weighted by Crippen LogP contribution is -2.23. The fourth-order valence-electron chi connectivity index (χ4n) is 2.77. The number of oxazole rings is 1. The van der Waals surface area contributed by atoms with Crippen LogP contribution in [0.2, 0.25) is 0 Å². The van der Waals surface area contributed by atoms with Gasteiger partial charge in [-0.15, -0.1) is 0 Å². The summed E-state index contributed by atoms with van der Waals surface area (Å²) in [4.78, 5) is 16.4. The molecule has 0 unspecified atom stereocenters. The number of ether oxygens (including phenoxy) is 1. The van der Waals surface area contributed by atoms with E-state index in [2.05, 4.69) is 10.3 Å². The molecule has 10 heteroatoms. The third kappa shape index (κ3) is 5.28. The number of aryl methyl sites for hydroxylation is 1. The molecule has 0 aliphatic heterocycles. The lowest BCUT2D eigenvalue weighted by molar-refractivity contribution is -0.116. The van der Waals surface area contributed by atoms with Crippen molar-refractivity contribution in [2.24, 2.45) is 0 Å². The van der Waals surface area contributed by atoms with Crippen molar-refractivity contribution in [3.63, 3.8) is 0 Å². The summed E-state index contributed by atoms with van der Waals surface area (Å²) in [5, 5.41) is 2.67. The fourth-order valence-corrected chi connectivity index (χ4v) is 3.85. The molecule has 0 aliphatic rings. The van der Waals surface area contributed by atoms with Crippen molar-refractivity contribution >= 4 is 21.6 Å². The number of amides is 1. The number of anilines is 1. The molecule has 2 aromatic carbocycles. The van der Waals surface area contributed by atoms with E-state index in [1.807, 2.05) is 0 Å². The molecule has 0 bridgehead atoms. The summed E-state index contributed by atoms with van der Waals surface area (Å²) in [6.45, 7) is 0. The summed E-state index contributed by atoms with van der Waals surface area (Å²) in [5.41, 5.74) is 1.00. The van der Waals surface area contributed by atoms with E-state index in [-0.39, 0.29) is 35.2 Å². The van der Waals surface area contributed by atoms with Crippen LogP contribution in [0.4, 0.5) is 10.1 Å². The number of rotatable bonds is 8.